The summed E-state index contributed by atoms with van der Waals surface area (Å²) in [4.78, 5) is 11.8. The van der Waals surface area contributed by atoms with Gasteiger partial charge < -0.3 is 15.4 Å². The Kier molecular flexibility index (Phi) is 5.44. The topological polar surface area (TPSA) is 50.4 Å². The molecule has 0 spiro atoms. The van der Waals surface area contributed by atoms with Gasteiger partial charge in [-0.25, -0.2) is 0 Å². The van der Waals surface area contributed by atoms with Crippen LogP contribution in [0.15, 0.2) is 22.7 Å². The van der Waals surface area contributed by atoms with Gasteiger partial charge in [0.1, 0.15) is 5.75 Å². The van der Waals surface area contributed by atoms with E-state index < -0.39 is 0 Å². The molecule has 0 saturated carbocycles. The van der Waals surface area contributed by atoms with E-state index in [0.29, 0.717) is 6.54 Å². The number of anilines is 1. The maximum Gasteiger partial charge on any atom is 0.228 e. The monoisotopic (exact) mass is 300 g/mol. The van der Waals surface area contributed by atoms with Gasteiger partial charge in [0.25, 0.3) is 0 Å². The van der Waals surface area contributed by atoms with Gasteiger partial charge in [0.05, 0.1) is 11.6 Å². The van der Waals surface area contributed by atoms with Crippen molar-refractivity contribution in [2.75, 3.05) is 26.0 Å². The van der Waals surface area contributed by atoms with Crippen molar-refractivity contribution >= 4 is 27.5 Å². The Morgan fingerprint density at radius 1 is 1.53 bits per heavy atom. The molecule has 94 valence electrons. The Hall–Kier alpha value is -1.07. The number of methoxy groups -OCH3 is 1. The van der Waals surface area contributed by atoms with Crippen LogP contribution in [0.4, 0.5) is 5.69 Å². The molecule has 0 aliphatic heterocycles. The van der Waals surface area contributed by atoms with E-state index in [1.54, 1.807) is 7.11 Å². The van der Waals surface area contributed by atoms with E-state index in [-0.39, 0.29) is 11.8 Å². The summed E-state index contributed by atoms with van der Waals surface area (Å²) in [6.07, 6.45) is 0. The molecule has 1 amide bonds. The third-order valence-electron chi connectivity index (χ3n) is 2.38. The largest absolute Gasteiger partial charge is 0.496 e. The Balaban J connectivity index is 2.69. The molecule has 0 aliphatic carbocycles. The number of benzene rings is 1. The van der Waals surface area contributed by atoms with E-state index in [0.717, 1.165) is 15.9 Å². The first-order valence-electron chi connectivity index (χ1n) is 5.37. The number of hydrogen-bond donors (Lipinski definition) is 2. The SMILES string of the molecule is CNCC(C)C(=O)Nc1ccc(OC)c(Br)c1. The van der Waals surface area contributed by atoms with E-state index in [1.165, 1.54) is 0 Å². The lowest BCUT2D eigenvalue weighted by Crippen LogP contribution is -2.28. The first-order valence-corrected chi connectivity index (χ1v) is 6.16. The summed E-state index contributed by atoms with van der Waals surface area (Å²) >= 11 is 3.38. The fraction of sp³-hybridized carbons (Fsp3) is 0.417. The number of rotatable bonds is 5. The molecular formula is C12H17BrN2O2. The molecule has 1 aromatic carbocycles. The van der Waals surface area contributed by atoms with Crippen molar-refractivity contribution in [2.24, 2.45) is 5.92 Å². The minimum atomic E-state index is -0.0686. The zero-order chi connectivity index (χ0) is 12.8. The van der Waals surface area contributed by atoms with Crippen molar-refractivity contribution in [3.8, 4) is 5.75 Å². The summed E-state index contributed by atoms with van der Waals surface area (Å²) in [6.45, 7) is 2.54. The average molecular weight is 301 g/mol. The predicted octanol–water partition coefficient (Wildman–Crippen LogP) is 2.25. The van der Waals surface area contributed by atoms with Crippen molar-refractivity contribution in [1.29, 1.82) is 0 Å². The van der Waals surface area contributed by atoms with E-state index in [9.17, 15) is 4.79 Å². The van der Waals surface area contributed by atoms with Gasteiger partial charge in [0, 0.05) is 18.2 Å². The molecule has 0 saturated heterocycles. The van der Waals surface area contributed by atoms with Crippen LogP contribution in [0.5, 0.6) is 5.75 Å². The Labute approximate surface area is 110 Å². The van der Waals surface area contributed by atoms with Gasteiger partial charge in [-0.05, 0) is 41.2 Å². The minimum Gasteiger partial charge on any atom is -0.496 e. The van der Waals surface area contributed by atoms with E-state index in [4.69, 9.17) is 4.74 Å². The fourth-order valence-corrected chi connectivity index (χ4v) is 1.95. The molecule has 0 radical (unpaired) electrons. The van der Waals surface area contributed by atoms with Crippen molar-refractivity contribution < 1.29 is 9.53 Å². The first-order chi connectivity index (χ1) is 8.08. The first kappa shape index (κ1) is 14.0. The zero-order valence-corrected chi connectivity index (χ0v) is 11.8. The number of amides is 1. The molecule has 0 heterocycles. The number of nitrogens with one attached hydrogen (secondary N) is 2. The molecule has 17 heavy (non-hydrogen) atoms. The van der Waals surface area contributed by atoms with Gasteiger partial charge in [-0.2, -0.15) is 0 Å². The Morgan fingerprint density at radius 2 is 2.24 bits per heavy atom. The van der Waals surface area contributed by atoms with Crippen molar-refractivity contribution in [3.05, 3.63) is 22.7 Å². The van der Waals surface area contributed by atoms with Crippen molar-refractivity contribution in [2.45, 2.75) is 6.92 Å². The second-order valence-electron chi connectivity index (χ2n) is 3.80. The van der Waals surface area contributed by atoms with Crippen LogP contribution < -0.4 is 15.4 Å². The van der Waals surface area contributed by atoms with Crippen LogP contribution in [-0.4, -0.2) is 26.6 Å². The van der Waals surface area contributed by atoms with Gasteiger partial charge >= 0.3 is 0 Å². The number of hydrogen-bond acceptors (Lipinski definition) is 3. The molecule has 1 atom stereocenters. The maximum atomic E-state index is 11.8. The van der Waals surface area contributed by atoms with E-state index in [2.05, 4.69) is 26.6 Å². The van der Waals surface area contributed by atoms with Crippen LogP contribution >= 0.6 is 15.9 Å². The number of carbonyl (C=O) groups excluding carboxylic acids is 1. The van der Waals surface area contributed by atoms with E-state index >= 15 is 0 Å². The van der Waals surface area contributed by atoms with Crippen LogP contribution in [0, 0.1) is 5.92 Å². The Morgan fingerprint density at radius 3 is 2.76 bits per heavy atom. The number of ether oxygens (including phenoxy) is 1. The van der Waals surface area contributed by atoms with Gasteiger partial charge in [-0.1, -0.05) is 6.92 Å². The van der Waals surface area contributed by atoms with Gasteiger partial charge in [0.15, 0.2) is 0 Å². The highest BCUT2D eigenvalue weighted by Crippen LogP contribution is 2.27. The third kappa shape index (κ3) is 4.02. The normalized spacial score (nSPS) is 12.0. The summed E-state index contributed by atoms with van der Waals surface area (Å²) < 4.78 is 5.94. The molecule has 0 bridgehead atoms. The van der Waals surface area contributed by atoms with E-state index in [1.807, 2.05) is 32.2 Å². The second kappa shape index (κ2) is 6.61. The standard InChI is InChI=1S/C12H17BrN2O2/c1-8(7-14-2)12(16)15-9-4-5-11(17-3)10(13)6-9/h4-6,8,14H,7H2,1-3H3,(H,15,16). The molecule has 0 aromatic heterocycles. The molecule has 0 aliphatic rings. The lowest BCUT2D eigenvalue weighted by Gasteiger charge is -2.12. The molecular weight excluding hydrogens is 284 g/mol. The van der Waals surface area contributed by atoms with Crippen molar-refractivity contribution in [3.63, 3.8) is 0 Å². The van der Waals surface area contributed by atoms with Crippen LogP contribution in [0.2, 0.25) is 0 Å². The fourth-order valence-electron chi connectivity index (χ4n) is 1.41. The lowest BCUT2D eigenvalue weighted by atomic mass is 10.1. The number of halogens is 1. The summed E-state index contributed by atoms with van der Waals surface area (Å²) in [6, 6.07) is 5.44. The summed E-state index contributed by atoms with van der Waals surface area (Å²) in [7, 11) is 3.43. The van der Waals surface area contributed by atoms with Crippen LogP contribution in [0.25, 0.3) is 0 Å². The summed E-state index contributed by atoms with van der Waals surface area (Å²) in [5, 5.41) is 5.83. The zero-order valence-electron chi connectivity index (χ0n) is 10.2. The summed E-state index contributed by atoms with van der Waals surface area (Å²) in [5.41, 5.74) is 0.755. The highest BCUT2D eigenvalue weighted by Gasteiger charge is 2.12. The second-order valence-corrected chi connectivity index (χ2v) is 4.65. The average Bonchev–Trinajstić information content (AvgIpc) is 2.29. The van der Waals surface area contributed by atoms with Crippen LogP contribution in [0.1, 0.15) is 6.92 Å². The van der Waals surface area contributed by atoms with Gasteiger partial charge in [-0.3, -0.25) is 4.79 Å². The molecule has 1 rings (SSSR count). The number of carbonyl (C=O) groups is 1. The van der Waals surface area contributed by atoms with Crippen LogP contribution in [0.3, 0.4) is 0 Å². The minimum absolute atomic E-state index is 0.00332. The molecule has 1 unspecified atom stereocenters. The van der Waals surface area contributed by atoms with Crippen molar-refractivity contribution in [1.82, 2.24) is 5.32 Å². The quantitative estimate of drug-likeness (QED) is 0.877. The summed E-state index contributed by atoms with van der Waals surface area (Å²) in [5.74, 6) is 0.670. The predicted molar refractivity (Wildman–Crippen MR) is 72.4 cm³/mol. The molecule has 0 fully saturated rings. The van der Waals surface area contributed by atoms with Gasteiger partial charge in [-0.15, -0.1) is 0 Å². The highest BCUT2D eigenvalue weighted by molar-refractivity contribution is 9.10. The smallest absolute Gasteiger partial charge is 0.228 e. The maximum absolute atomic E-state index is 11.8. The molecule has 4 nitrogen and oxygen atoms in total. The molecule has 5 heteroatoms. The Bertz CT molecular complexity index is 396. The molecule has 1 aromatic rings. The van der Waals surface area contributed by atoms with Crippen LogP contribution in [-0.2, 0) is 4.79 Å². The molecule has 2 N–H and O–H groups in total. The third-order valence-corrected chi connectivity index (χ3v) is 3.00. The highest BCUT2D eigenvalue weighted by atomic mass is 79.9. The lowest BCUT2D eigenvalue weighted by molar-refractivity contribution is -0.119. The van der Waals surface area contributed by atoms with Gasteiger partial charge in [0.2, 0.25) is 5.91 Å².